The van der Waals surface area contributed by atoms with Crippen molar-refractivity contribution < 1.29 is 9.72 Å². The molecule has 2 aromatic heterocycles. The minimum Gasteiger partial charge on any atom is -0.297 e. The maximum atomic E-state index is 10.9. The number of carbonyl (C=O) groups excluding carboxylic acids is 1. The number of nitrogens with zero attached hydrogens (tertiary/aromatic N) is 1. The number of benzene rings is 1. The molecule has 4 nitrogen and oxygen atoms in total. The van der Waals surface area contributed by atoms with E-state index in [2.05, 4.69) is 31.3 Å². The van der Waals surface area contributed by atoms with Crippen molar-refractivity contribution in [3.05, 3.63) is 74.0 Å². The fraction of sp³-hybridized carbons (Fsp3) is 0.105. The first-order chi connectivity index (χ1) is 12.4. The van der Waals surface area contributed by atoms with Crippen LogP contribution in [0.15, 0.2) is 48.5 Å². The third-order valence-electron chi connectivity index (χ3n) is 4.15. The molecule has 0 spiro atoms. The highest BCUT2D eigenvalue weighted by Gasteiger charge is 2.29. The van der Waals surface area contributed by atoms with Crippen LogP contribution in [0.2, 0.25) is 13.1 Å². The van der Waals surface area contributed by atoms with Crippen LogP contribution in [0.5, 0.6) is 0 Å². The van der Waals surface area contributed by atoms with Gasteiger partial charge in [-0.1, -0.05) is 31.3 Å². The molecule has 0 bridgehead atoms. The second-order valence-electron chi connectivity index (χ2n) is 6.33. The van der Waals surface area contributed by atoms with Gasteiger partial charge in [-0.3, -0.25) is 14.9 Å². The van der Waals surface area contributed by atoms with E-state index in [0.717, 1.165) is 21.6 Å². The Labute approximate surface area is 160 Å². The molecule has 0 aliphatic heterocycles. The summed E-state index contributed by atoms with van der Waals surface area (Å²) in [6, 6.07) is 14.8. The zero-order valence-electron chi connectivity index (χ0n) is 14.3. The van der Waals surface area contributed by atoms with Crippen molar-refractivity contribution in [2.75, 3.05) is 0 Å². The largest absolute Gasteiger partial charge is 0.297 e. The van der Waals surface area contributed by atoms with E-state index in [0.29, 0.717) is 0 Å². The molecule has 3 rings (SSSR count). The minimum atomic E-state index is -1.79. The van der Waals surface area contributed by atoms with E-state index >= 15 is 0 Å². The summed E-state index contributed by atoms with van der Waals surface area (Å²) in [7, 11) is -1.79. The Morgan fingerprint density at radius 1 is 0.885 bits per heavy atom. The Kier molecular flexibility index (Phi) is 5.31. The van der Waals surface area contributed by atoms with Crippen molar-refractivity contribution in [3.8, 4) is 0 Å². The van der Waals surface area contributed by atoms with E-state index in [1.165, 1.54) is 21.1 Å². The first kappa shape index (κ1) is 18.4. The highest BCUT2D eigenvalue weighted by Crippen LogP contribution is 2.20. The van der Waals surface area contributed by atoms with Gasteiger partial charge in [-0.25, -0.2) is 0 Å². The van der Waals surface area contributed by atoms with Gasteiger partial charge >= 0.3 is 0 Å². The summed E-state index contributed by atoms with van der Waals surface area (Å²) in [5.41, 5.74) is 1.02. The molecule has 26 heavy (non-hydrogen) atoms. The summed E-state index contributed by atoms with van der Waals surface area (Å²) in [5.74, 6) is 0. The molecule has 0 aliphatic carbocycles. The number of carbonyl (C=O) groups is 1. The lowest BCUT2D eigenvalue weighted by Crippen LogP contribution is -2.50. The summed E-state index contributed by atoms with van der Waals surface area (Å²) < 4.78 is 2.66. The minimum absolute atomic E-state index is 0.0963. The number of thiophene rings is 2. The SMILES string of the molecule is C[Si](C)(c1ccc(C=O)s1)c1ccc(/C=C\c2ccc([N+](=O)[O-])cc2)s1. The molecule has 0 atom stereocenters. The molecule has 3 aromatic rings. The van der Waals surface area contributed by atoms with Crippen LogP contribution < -0.4 is 9.00 Å². The lowest BCUT2D eigenvalue weighted by atomic mass is 10.2. The highest BCUT2D eigenvalue weighted by molar-refractivity contribution is 7.37. The van der Waals surface area contributed by atoms with Crippen LogP contribution in [0.3, 0.4) is 0 Å². The average molecular weight is 400 g/mol. The Balaban J connectivity index is 1.78. The molecular formula is C19H17NO3S2Si. The van der Waals surface area contributed by atoms with Crippen LogP contribution in [-0.2, 0) is 0 Å². The molecule has 0 aliphatic rings. The molecule has 7 heteroatoms. The highest BCUT2D eigenvalue weighted by atomic mass is 32.1. The van der Waals surface area contributed by atoms with E-state index in [1.807, 2.05) is 18.2 Å². The van der Waals surface area contributed by atoms with Gasteiger partial charge in [0, 0.05) is 17.0 Å². The second kappa shape index (κ2) is 7.49. The zero-order chi connectivity index (χ0) is 18.7. The first-order valence-electron chi connectivity index (χ1n) is 7.98. The predicted octanol–water partition coefficient (Wildman–Crippen LogP) is 4.52. The Morgan fingerprint density at radius 3 is 2.00 bits per heavy atom. The molecule has 1 aromatic carbocycles. The molecule has 0 amide bonds. The summed E-state index contributed by atoms with van der Waals surface area (Å²) in [4.78, 5) is 23.2. The van der Waals surface area contributed by atoms with Crippen molar-refractivity contribution in [2.24, 2.45) is 0 Å². The van der Waals surface area contributed by atoms with Crippen molar-refractivity contribution in [1.29, 1.82) is 0 Å². The maximum absolute atomic E-state index is 10.9. The molecule has 132 valence electrons. The van der Waals surface area contributed by atoms with Crippen molar-refractivity contribution in [1.82, 2.24) is 0 Å². The fourth-order valence-corrected chi connectivity index (χ4v) is 8.62. The van der Waals surface area contributed by atoms with Gasteiger partial charge < -0.3 is 0 Å². The van der Waals surface area contributed by atoms with Crippen LogP contribution in [0, 0.1) is 10.1 Å². The number of hydrogen-bond donors (Lipinski definition) is 0. The summed E-state index contributed by atoms with van der Waals surface area (Å²) in [5, 5.41) is 10.7. The van der Waals surface area contributed by atoms with Gasteiger partial charge in [0.05, 0.1) is 9.80 Å². The number of nitro groups is 1. The molecular weight excluding hydrogens is 382 g/mol. The lowest BCUT2D eigenvalue weighted by molar-refractivity contribution is -0.384. The molecule has 0 radical (unpaired) electrons. The Morgan fingerprint density at radius 2 is 1.46 bits per heavy atom. The molecule has 0 unspecified atom stereocenters. The van der Waals surface area contributed by atoms with Gasteiger partial charge in [-0.05, 0) is 44.9 Å². The van der Waals surface area contributed by atoms with Gasteiger partial charge in [0.2, 0.25) is 0 Å². The molecule has 0 N–H and O–H groups in total. The molecule has 0 saturated carbocycles. The van der Waals surface area contributed by atoms with E-state index < -0.39 is 13.0 Å². The summed E-state index contributed by atoms with van der Waals surface area (Å²) in [6.07, 6.45) is 4.90. The van der Waals surface area contributed by atoms with Crippen LogP contribution in [0.1, 0.15) is 20.1 Å². The van der Waals surface area contributed by atoms with E-state index in [1.54, 1.807) is 34.8 Å². The molecule has 2 heterocycles. The number of nitro benzene ring substituents is 1. The topological polar surface area (TPSA) is 60.2 Å². The van der Waals surface area contributed by atoms with Crippen molar-refractivity contribution >= 4 is 63.9 Å². The zero-order valence-corrected chi connectivity index (χ0v) is 17.0. The third kappa shape index (κ3) is 3.90. The average Bonchev–Trinajstić information content (AvgIpc) is 3.30. The van der Waals surface area contributed by atoms with Crippen LogP contribution in [0.4, 0.5) is 5.69 Å². The van der Waals surface area contributed by atoms with Crippen molar-refractivity contribution in [3.63, 3.8) is 0 Å². The number of non-ortho nitro benzene ring substituents is 1. The Hall–Kier alpha value is -2.35. The number of aldehydes is 1. The number of rotatable bonds is 6. The molecule has 0 saturated heterocycles. The Bertz CT molecular complexity index is 971. The maximum Gasteiger partial charge on any atom is 0.269 e. The van der Waals surface area contributed by atoms with Crippen molar-refractivity contribution in [2.45, 2.75) is 13.1 Å². The van der Waals surface area contributed by atoms with Gasteiger partial charge in [0.25, 0.3) is 5.69 Å². The van der Waals surface area contributed by atoms with Crippen LogP contribution >= 0.6 is 22.7 Å². The quantitative estimate of drug-likeness (QED) is 0.265. The van der Waals surface area contributed by atoms with Gasteiger partial charge in [0.15, 0.2) is 6.29 Å². The fourth-order valence-electron chi connectivity index (χ4n) is 2.54. The summed E-state index contributed by atoms with van der Waals surface area (Å²) in [6.45, 7) is 4.59. The first-order valence-corrected chi connectivity index (χ1v) is 12.6. The second-order valence-corrected chi connectivity index (χ2v) is 13.6. The third-order valence-corrected chi connectivity index (χ3v) is 12.3. The van der Waals surface area contributed by atoms with Gasteiger partial charge in [-0.15, -0.1) is 22.7 Å². The lowest BCUT2D eigenvalue weighted by Gasteiger charge is -2.18. The predicted molar refractivity (Wildman–Crippen MR) is 113 cm³/mol. The number of hydrogen-bond acceptors (Lipinski definition) is 5. The van der Waals surface area contributed by atoms with Gasteiger partial charge in [0.1, 0.15) is 8.07 Å². The van der Waals surface area contributed by atoms with Crippen LogP contribution in [0.25, 0.3) is 12.2 Å². The van der Waals surface area contributed by atoms with E-state index in [9.17, 15) is 14.9 Å². The van der Waals surface area contributed by atoms with E-state index in [-0.39, 0.29) is 5.69 Å². The summed E-state index contributed by atoms with van der Waals surface area (Å²) >= 11 is 3.35. The smallest absolute Gasteiger partial charge is 0.269 e. The van der Waals surface area contributed by atoms with Crippen LogP contribution in [-0.4, -0.2) is 19.3 Å². The molecule has 0 fully saturated rings. The van der Waals surface area contributed by atoms with Gasteiger partial charge in [-0.2, -0.15) is 0 Å². The monoisotopic (exact) mass is 399 g/mol. The standard InChI is InChI=1S/C19H17NO3S2Si/c1-26(2,19-12-10-17(13-21)25-19)18-11-9-16(24-18)8-5-14-3-6-15(7-4-14)20(22)23/h3-13H,1-2H3/b8-5-. The normalized spacial score (nSPS) is 11.8. The van der Waals surface area contributed by atoms with E-state index in [4.69, 9.17) is 0 Å².